The summed E-state index contributed by atoms with van der Waals surface area (Å²) >= 11 is 0. The third kappa shape index (κ3) is 3.30. The quantitative estimate of drug-likeness (QED) is 0.927. The fourth-order valence-corrected chi connectivity index (χ4v) is 3.11. The van der Waals surface area contributed by atoms with E-state index in [1.54, 1.807) is 23.5 Å². The van der Waals surface area contributed by atoms with Gasteiger partial charge in [0.15, 0.2) is 0 Å². The molecule has 3 nitrogen and oxygen atoms in total. The van der Waals surface area contributed by atoms with E-state index in [1.807, 2.05) is 6.20 Å². The molecule has 0 amide bonds. The summed E-state index contributed by atoms with van der Waals surface area (Å²) < 4.78 is 0. The Morgan fingerprint density at radius 2 is 1.81 bits per heavy atom. The van der Waals surface area contributed by atoms with Gasteiger partial charge in [-0.1, -0.05) is 18.2 Å². The number of fused-ring (bicyclic) bond motifs is 1. The standard InChI is InChI=1S/C18H23N3/c1-13(21-14(2)18-12-19-9-10-20-18)16-8-7-15-5-3-4-6-17(15)11-16/h7-14,21H,3-6H2,1-2H3. The summed E-state index contributed by atoms with van der Waals surface area (Å²) in [5, 5.41) is 3.62. The Hall–Kier alpha value is -1.74. The molecule has 0 bridgehead atoms. The Morgan fingerprint density at radius 1 is 1.00 bits per heavy atom. The van der Waals surface area contributed by atoms with Crippen molar-refractivity contribution in [3.8, 4) is 0 Å². The van der Waals surface area contributed by atoms with E-state index in [9.17, 15) is 0 Å². The molecule has 21 heavy (non-hydrogen) atoms. The molecular weight excluding hydrogens is 258 g/mol. The van der Waals surface area contributed by atoms with E-state index in [2.05, 4.69) is 47.3 Å². The molecule has 2 aromatic rings. The van der Waals surface area contributed by atoms with Gasteiger partial charge in [0, 0.05) is 30.7 Å². The summed E-state index contributed by atoms with van der Waals surface area (Å²) in [6.45, 7) is 4.36. The first-order valence-corrected chi connectivity index (χ1v) is 7.87. The minimum Gasteiger partial charge on any atom is -0.302 e. The van der Waals surface area contributed by atoms with Gasteiger partial charge in [0.1, 0.15) is 0 Å². The lowest BCUT2D eigenvalue weighted by molar-refractivity contribution is 0.484. The second kappa shape index (κ2) is 6.35. The topological polar surface area (TPSA) is 37.8 Å². The first-order chi connectivity index (χ1) is 10.2. The van der Waals surface area contributed by atoms with Gasteiger partial charge >= 0.3 is 0 Å². The molecular formula is C18H23N3. The zero-order chi connectivity index (χ0) is 14.7. The molecule has 0 radical (unpaired) electrons. The number of benzene rings is 1. The molecule has 1 aliphatic rings. The van der Waals surface area contributed by atoms with Crippen molar-refractivity contribution in [1.29, 1.82) is 0 Å². The summed E-state index contributed by atoms with van der Waals surface area (Å²) in [5.74, 6) is 0. The van der Waals surface area contributed by atoms with E-state index in [4.69, 9.17) is 0 Å². The summed E-state index contributed by atoms with van der Waals surface area (Å²) in [6, 6.07) is 7.48. The fourth-order valence-electron chi connectivity index (χ4n) is 3.11. The predicted octanol–water partition coefficient (Wildman–Crippen LogP) is 3.77. The van der Waals surface area contributed by atoms with Crippen LogP contribution in [0.25, 0.3) is 0 Å². The molecule has 2 unspecified atom stereocenters. The minimum absolute atomic E-state index is 0.199. The number of aromatic nitrogens is 2. The van der Waals surface area contributed by atoms with Gasteiger partial charge in [0.2, 0.25) is 0 Å². The maximum Gasteiger partial charge on any atom is 0.0753 e. The molecule has 1 aromatic heterocycles. The highest BCUT2D eigenvalue weighted by Gasteiger charge is 2.15. The second-order valence-electron chi connectivity index (χ2n) is 5.98. The highest BCUT2D eigenvalue weighted by Crippen LogP contribution is 2.25. The first-order valence-electron chi connectivity index (χ1n) is 7.87. The zero-order valence-corrected chi connectivity index (χ0v) is 12.8. The van der Waals surface area contributed by atoms with E-state index in [0.717, 1.165) is 5.69 Å². The molecule has 110 valence electrons. The molecule has 3 rings (SSSR count). The predicted molar refractivity (Wildman–Crippen MR) is 85.1 cm³/mol. The fraction of sp³-hybridized carbons (Fsp3) is 0.444. The van der Waals surface area contributed by atoms with Crippen LogP contribution < -0.4 is 5.32 Å². The number of rotatable bonds is 4. The lowest BCUT2D eigenvalue weighted by Gasteiger charge is -2.22. The van der Waals surface area contributed by atoms with Crippen LogP contribution in [0.1, 0.15) is 61.2 Å². The molecule has 1 aliphatic carbocycles. The number of nitrogens with zero attached hydrogens (tertiary/aromatic N) is 2. The van der Waals surface area contributed by atoms with Crippen molar-refractivity contribution in [2.24, 2.45) is 0 Å². The van der Waals surface area contributed by atoms with Crippen LogP contribution in [-0.4, -0.2) is 9.97 Å². The maximum atomic E-state index is 4.37. The van der Waals surface area contributed by atoms with Crippen molar-refractivity contribution < 1.29 is 0 Å². The first kappa shape index (κ1) is 14.2. The van der Waals surface area contributed by atoms with Crippen molar-refractivity contribution in [2.75, 3.05) is 0 Å². The SMILES string of the molecule is CC(NC(C)c1cnccn1)c1ccc2c(c1)CCCC2. The monoisotopic (exact) mass is 281 g/mol. The smallest absolute Gasteiger partial charge is 0.0753 e. The zero-order valence-electron chi connectivity index (χ0n) is 12.8. The second-order valence-corrected chi connectivity index (χ2v) is 5.98. The summed E-state index contributed by atoms with van der Waals surface area (Å²) in [6.07, 6.45) is 10.4. The molecule has 2 atom stereocenters. The van der Waals surface area contributed by atoms with Crippen LogP contribution in [-0.2, 0) is 12.8 Å². The molecule has 0 saturated heterocycles. The van der Waals surface area contributed by atoms with Crippen LogP contribution in [0.5, 0.6) is 0 Å². The largest absolute Gasteiger partial charge is 0.302 e. The molecule has 0 saturated carbocycles. The highest BCUT2D eigenvalue weighted by atomic mass is 15.0. The van der Waals surface area contributed by atoms with E-state index in [1.165, 1.54) is 31.2 Å². The number of aryl methyl sites for hydroxylation is 2. The van der Waals surface area contributed by atoms with Gasteiger partial charge in [0.05, 0.1) is 5.69 Å². The Labute approximate surface area is 126 Å². The van der Waals surface area contributed by atoms with Crippen LogP contribution in [0.3, 0.4) is 0 Å². The molecule has 0 spiro atoms. The minimum atomic E-state index is 0.199. The Balaban J connectivity index is 1.72. The Morgan fingerprint density at radius 3 is 2.57 bits per heavy atom. The van der Waals surface area contributed by atoms with Crippen molar-refractivity contribution in [1.82, 2.24) is 15.3 Å². The molecule has 1 heterocycles. The van der Waals surface area contributed by atoms with E-state index in [-0.39, 0.29) is 6.04 Å². The van der Waals surface area contributed by atoms with Crippen LogP contribution in [0.2, 0.25) is 0 Å². The normalized spacial score (nSPS) is 17.0. The average molecular weight is 281 g/mol. The highest BCUT2D eigenvalue weighted by molar-refractivity contribution is 5.35. The van der Waals surface area contributed by atoms with Crippen molar-refractivity contribution in [3.05, 3.63) is 59.2 Å². The van der Waals surface area contributed by atoms with Crippen molar-refractivity contribution >= 4 is 0 Å². The van der Waals surface area contributed by atoms with Gasteiger partial charge in [-0.25, -0.2) is 0 Å². The Bertz CT molecular complexity index is 595. The summed E-state index contributed by atoms with van der Waals surface area (Å²) in [7, 11) is 0. The third-order valence-corrected chi connectivity index (χ3v) is 4.40. The van der Waals surface area contributed by atoms with Gasteiger partial charge in [0.25, 0.3) is 0 Å². The van der Waals surface area contributed by atoms with E-state index < -0.39 is 0 Å². The Kier molecular flexibility index (Phi) is 4.30. The van der Waals surface area contributed by atoms with Gasteiger partial charge in [-0.05, 0) is 56.2 Å². The summed E-state index contributed by atoms with van der Waals surface area (Å²) in [4.78, 5) is 8.51. The molecule has 0 aliphatic heterocycles. The maximum absolute atomic E-state index is 4.37. The van der Waals surface area contributed by atoms with Crippen LogP contribution in [0.15, 0.2) is 36.8 Å². The van der Waals surface area contributed by atoms with Crippen molar-refractivity contribution in [2.45, 2.75) is 51.6 Å². The summed E-state index contributed by atoms with van der Waals surface area (Å²) in [5.41, 5.74) is 5.44. The number of nitrogens with one attached hydrogen (secondary N) is 1. The van der Waals surface area contributed by atoms with Gasteiger partial charge in [-0.2, -0.15) is 0 Å². The number of hydrogen-bond acceptors (Lipinski definition) is 3. The van der Waals surface area contributed by atoms with E-state index >= 15 is 0 Å². The van der Waals surface area contributed by atoms with Gasteiger partial charge in [-0.3, -0.25) is 9.97 Å². The lowest BCUT2D eigenvalue weighted by atomic mass is 9.89. The van der Waals surface area contributed by atoms with Crippen LogP contribution in [0.4, 0.5) is 0 Å². The lowest BCUT2D eigenvalue weighted by Crippen LogP contribution is -2.23. The van der Waals surface area contributed by atoms with Crippen molar-refractivity contribution in [3.63, 3.8) is 0 Å². The molecule has 1 N–H and O–H groups in total. The van der Waals surface area contributed by atoms with Gasteiger partial charge in [-0.15, -0.1) is 0 Å². The van der Waals surface area contributed by atoms with Crippen LogP contribution >= 0.6 is 0 Å². The van der Waals surface area contributed by atoms with E-state index in [0.29, 0.717) is 6.04 Å². The van der Waals surface area contributed by atoms with Gasteiger partial charge < -0.3 is 5.32 Å². The van der Waals surface area contributed by atoms with Crippen LogP contribution in [0, 0.1) is 0 Å². The third-order valence-electron chi connectivity index (χ3n) is 4.40. The molecule has 3 heteroatoms. The number of hydrogen-bond donors (Lipinski definition) is 1. The molecule has 0 fully saturated rings. The average Bonchev–Trinajstić information content (AvgIpc) is 2.55. The molecule has 1 aromatic carbocycles.